The predicted molar refractivity (Wildman–Crippen MR) is 83.6 cm³/mol. The Bertz CT molecular complexity index is 699. The molecule has 2 unspecified atom stereocenters. The number of carbonyl (C=O) groups excluding carboxylic acids is 1. The molecule has 1 N–H and O–H groups in total. The van der Waals surface area contributed by atoms with Crippen molar-refractivity contribution >= 4 is 5.91 Å². The number of tetrazole rings is 1. The van der Waals surface area contributed by atoms with Gasteiger partial charge in [-0.05, 0) is 41.5 Å². The first-order valence-electron chi connectivity index (χ1n) is 7.98. The van der Waals surface area contributed by atoms with Gasteiger partial charge in [0.1, 0.15) is 17.7 Å². The molecule has 1 amide bonds. The maximum atomic E-state index is 13.4. The smallest absolute Gasteiger partial charge is 0.245 e. The number of rotatable bonds is 6. The normalized spacial score (nSPS) is 18.5. The van der Waals surface area contributed by atoms with Gasteiger partial charge in [-0.2, -0.15) is 0 Å². The molecule has 3 rings (SSSR count). The zero-order chi connectivity index (χ0) is 16.9. The Balaban J connectivity index is 1.74. The topological polar surface area (TPSA) is 81.9 Å². The van der Waals surface area contributed by atoms with E-state index in [2.05, 4.69) is 20.8 Å². The third kappa shape index (κ3) is 3.94. The average Bonchev–Trinajstić information content (AvgIpc) is 3.22. The molecular formula is C16H20FN5O2. The second-order valence-corrected chi connectivity index (χ2v) is 6.00. The van der Waals surface area contributed by atoms with Crippen LogP contribution in [0.1, 0.15) is 23.9 Å². The van der Waals surface area contributed by atoms with E-state index < -0.39 is 6.04 Å². The van der Waals surface area contributed by atoms with E-state index in [0.717, 1.165) is 13.0 Å². The fraction of sp³-hybridized carbons (Fsp3) is 0.500. The van der Waals surface area contributed by atoms with E-state index in [1.165, 1.54) is 16.8 Å². The van der Waals surface area contributed by atoms with Gasteiger partial charge in [-0.15, -0.1) is 5.10 Å². The Morgan fingerprint density at radius 1 is 1.54 bits per heavy atom. The lowest BCUT2D eigenvalue weighted by molar-refractivity contribution is -0.124. The minimum atomic E-state index is -0.621. The highest BCUT2D eigenvalue weighted by Gasteiger charge is 2.25. The minimum absolute atomic E-state index is 0.179. The van der Waals surface area contributed by atoms with Crippen molar-refractivity contribution in [3.63, 3.8) is 0 Å². The third-order valence-electron chi connectivity index (χ3n) is 4.16. The summed E-state index contributed by atoms with van der Waals surface area (Å²) in [6.45, 7) is 3.69. The lowest BCUT2D eigenvalue weighted by Gasteiger charge is -2.19. The molecule has 0 aliphatic carbocycles. The second kappa shape index (κ2) is 7.48. The summed E-state index contributed by atoms with van der Waals surface area (Å²) in [5.41, 5.74) is 0.717. The van der Waals surface area contributed by atoms with Crippen LogP contribution in [-0.2, 0) is 16.0 Å². The van der Waals surface area contributed by atoms with Crippen LogP contribution in [0.4, 0.5) is 4.39 Å². The molecule has 1 aliphatic heterocycles. The zero-order valence-corrected chi connectivity index (χ0v) is 13.5. The summed E-state index contributed by atoms with van der Waals surface area (Å²) in [5, 5.41) is 14.3. The number of hydrogen-bond donors (Lipinski definition) is 1. The van der Waals surface area contributed by atoms with Crippen LogP contribution >= 0.6 is 0 Å². The number of nitrogens with one attached hydrogen (secondary N) is 1. The van der Waals surface area contributed by atoms with E-state index in [4.69, 9.17) is 4.74 Å². The van der Waals surface area contributed by atoms with E-state index >= 15 is 0 Å². The zero-order valence-electron chi connectivity index (χ0n) is 13.5. The molecule has 8 heteroatoms. The number of amides is 1. The number of aryl methyl sites for hydroxylation is 1. The molecule has 1 saturated heterocycles. The van der Waals surface area contributed by atoms with Gasteiger partial charge in [0.05, 0.1) is 6.61 Å². The van der Waals surface area contributed by atoms with Crippen molar-refractivity contribution in [1.82, 2.24) is 25.5 Å². The number of benzene rings is 1. The van der Waals surface area contributed by atoms with Crippen LogP contribution in [0.5, 0.6) is 0 Å². The van der Waals surface area contributed by atoms with Crippen LogP contribution in [0.15, 0.2) is 24.3 Å². The molecule has 0 radical (unpaired) electrons. The van der Waals surface area contributed by atoms with Crippen molar-refractivity contribution in [3.8, 4) is 0 Å². The molecule has 1 aromatic carbocycles. The highest BCUT2D eigenvalue weighted by Crippen LogP contribution is 2.17. The molecule has 0 spiro atoms. The van der Waals surface area contributed by atoms with Crippen molar-refractivity contribution in [2.75, 3.05) is 19.8 Å². The first-order chi connectivity index (χ1) is 11.6. The van der Waals surface area contributed by atoms with Gasteiger partial charge in [0, 0.05) is 25.5 Å². The van der Waals surface area contributed by atoms with Crippen molar-refractivity contribution in [2.24, 2.45) is 5.92 Å². The first-order valence-corrected chi connectivity index (χ1v) is 7.98. The van der Waals surface area contributed by atoms with E-state index in [9.17, 15) is 9.18 Å². The molecule has 128 valence electrons. The maximum absolute atomic E-state index is 13.4. The van der Waals surface area contributed by atoms with Crippen LogP contribution in [0.25, 0.3) is 0 Å². The Hall–Kier alpha value is -2.35. The van der Waals surface area contributed by atoms with Crippen LogP contribution in [0.2, 0.25) is 0 Å². The van der Waals surface area contributed by atoms with Gasteiger partial charge in [0.2, 0.25) is 5.91 Å². The van der Waals surface area contributed by atoms with Gasteiger partial charge in [-0.1, -0.05) is 12.1 Å². The van der Waals surface area contributed by atoms with E-state index in [0.29, 0.717) is 36.9 Å². The minimum Gasteiger partial charge on any atom is -0.381 e. The molecule has 0 saturated carbocycles. The van der Waals surface area contributed by atoms with Crippen molar-refractivity contribution in [2.45, 2.75) is 25.8 Å². The van der Waals surface area contributed by atoms with Crippen molar-refractivity contribution in [1.29, 1.82) is 0 Å². The summed E-state index contributed by atoms with van der Waals surface area (Å²) < 4.78 is 20.2. The van der Waals surface area contributed by atoms with Gasteiger partial charge < -0.3 is 10.1 Å². The molecule has 2 heterocycles. The fourth-order valence-corrected chi connectivity index (χ4v) is 2.81. The maximum Gasteiger partial charge on any atom is 0.245 e. The van der Waals surface area contributed by atoms with Crippen molar-refractivity contribution < 1.29 is 13.9 Å². The van der Waals surface area contributed by atoms with Gasteiger partial charge in [-0.3, -0.25) is 4.79 Å². The number of halogens is 1. The molecule has 2 atom stereocenters. The van der Waals surface area contributed by atoms with Crippen LogP contribution in [0.3, 0.4) is 0 Å². The monoisotopic (exact) mass is 333 g/mol. The molecular weight excluding hydrogens is 313 g/mol. The van der Waals surface area contributed by atoms with Gasteiger partial charge in [0.25, 0.3) is 0 Å². The number of carbonyl (C=O) groups is 1. The summed E-state index contributed by atoms with van der Waals surface area (Å²) in [7, 11) is 0. The molecule has 2 aromatic rings. The molecule has 1 aliphatic rings. The quantitative estimate of drug-likeness (QED) is 0.855. The largest absolute Gasteiger partial charge is 0.381 e. The molecule has 1 fully saturated rings. The van der Waals surface area contributed by atoms with Crippen LogP contribution in [-0.4, -0.2) is 45.9 Å². The van der Waals surface area contributed by atoms with Gasteiger partial charge >= 0.3 is 0 Å². The third-order valence-corrected chi connectivity index (χ3v) is 4.16. The predicted octanol–water partition coefficient (Wildman–Crippen LogP) is 1.06. The van der Waals surface area contributed by atoms with Gasteiger partial charge in [0.15, 0.2) is 0 Å². The Kier molecular flexibility index (Phi) is 5.14. The van der Waals surface area contributed by atoms with Crippen molar-refractivity contribution in [3.05, 3.63) is 41.5 Å². The number of hydrogen-bond acceptors (Lipinski definition) is 5. The molecule has 24 heavy (non-hydrogen) atoms. The van der Waals surface area contributed by atoms with E-state index in [-0.39, 0.29) is 11.7 Å². The highest BCUT2D eigenvalue weighted by atomic mass is 19.1. The van der Waals surface area contributed by atoms with Gasteiger partial charge in [-0.25, -0.2) is 9.07 Å². The Morgan fingerprint density at radius 3 is 3.08 bits per heavy atom. The lowest BCUT2D eigenvalue weighted by Crippen LogP contribution is -2.37. The van der Waals surface area contributed by atoms with Crippen LogP contribution < -0.4 is 5.32 Å². The summed E-state index contributed by atoms with van der Waals surface area (Å²) >= 11 is 0. The standard InChI is InChI=1S/C16H20FN5O2/c1-11-19-20-21-22(11)15(8-12-3-2-4-14(17)7-12)16(23)18-9-13-5-6-24-10-13/h2-4,7,13,15H,5-6,8-10H2,1H3,(H,18,23). The first kappa shape index (κ1) is 16.5. The second-order valence-electron chi connectivity index (χ2n) is 6.00. The lowest BCUT2D eigenvalue weighted by atomic mass is 10.0. The van der Waals surface area contributed by atoms with Crippen LogP contribution in [0, 0.1) is 18.7 Å². The number of nitrogens with zero attached hydrogens (tertiary/aromatic N) is 4. The summed E-state index contributed by atoms with van der Waals surface area (Å²) in [6.07, 6.45) is 1.26. The number of ether oxygens (including phenoxy) is 1. The Morgan fingerprint density at radius 2 is 2.42 bits per heavy atom. The summed E-state index contributed by atoms with van der Waals surface area (Å²) in [5.74, 6) is 0.360. The summed E-state index contributed by atoms with van der Waals surface area (Å²) in [6, 6.07) is 5.59. The van der Waals surface area contributed by atoms with E-state index in [1.807, 2.05) is 0 Å². The summed E-state index contributed by atoms with van der Waals surface area (Å²) in [4.78, 5) is 12.7. The SMILES string of the molecule is Cc1nnnn1C(Cc1cccc(F)c1)C(=O)NCC1CCOC1. The molecule has 0 bridgehead atoms. The average molecular weight is 333 g/mol. The number of aromatic nitrogens is 4. The molecule has 1 aromatic heterocycles. The Labute approximate surface area is 139 Å². The fourth-order valence-electron chi connectivity index (χ4n) is 2.81. The van der Waals surface area contributed by atoms with E-state index in [1.54, 1.807) is 19.1 Å². The molecule has 7 nitrogen and oxygen atoms in total. The highest BCUT2D eigenvalue weighted by molar-refractivity contribution is 5.80.